The van der Waals surface area contributed by atoms with E-state index in [-0.39, 0.29) is 5.25 Å². The fraction of sp³-hybridized carbons (Fsp3) is 0.500. The molecule has 0 saturated carbocycles. The number of pyridine rings is 1. The zero-order valence-corrected chi connectivity index (χ0v) is 11.8. The number of nitrogens with one attached hydrogen (secondary N) is 1. The third-order valence-corrected chi connectivity index (χ3v) is 4.10. The van der Waals surface area contributed by atoms with Crippen LogP contribution >= 0.6 is 15.9 Å². The minimum absolute atomic E-state index is 0.184. The van der Waals surface area contributed by atoms with Crippen LogP contribution in [0.25, 0.3) is 0 Å². The Morgan fingerprint density at radius 3 is 2.94 bits per heavy atom. The first-order valence-electron chi connectivity index (χ1n) is 4.98. The second-order valence-corrected chi connectivity index (χ2v) is 6.33. The van der Waals surface area contributed by atoms with Gasteiger partial charge in [0.2, 0.25) is 0 Å². The molecule has 1 heterocycles. The van der Waals surface area contributed by atoms with Crippen molar-refractivity contribution in [2.24, 2.45) is 0 Å². The molecule has 4 nitrogen and oxygen atoms in total. The van der Waals surface area contributed by atoms with Crippen molar-refractivity contribution in [2.45, 2.75) is 18.6 Å². The number of nitrogens with zero attached hydrogens (tertiary/aromatic N) is 1. The molecule has 0 spiro atoms. The van der Waals surface area contributed by atoms with Gasteiger partial charge in [0.25, 0.3) is 0 Å². The maximum Gasteiger partial charge on any atom is 0.149 e. The van der Waals surface area contributed by atoms with E-state index >= 15 is 0 Å². The molecule has 1 rings (SSSR count). The molecule has 0 radical (unpaired) electrons. The third kappa shape index (κ3) is 4.09. The van der Waals surface area contributed by atoms with Crippen molar-refractivity contribution in [1.82, 2.24) is 4.98 Å². The number of hydrogen-bond donors (Lipinski definition) is 2. The summed E-state index contributed by atoms with van der Waals surface area (Å²) in [7, 11) is -0.776. The Balaban J connectivity index is 2.46. The Morgan fingerprint density at radius 1 is 1.69 bits per heavy atom. The third-order valence-electron chi connectivity index (χ3n) is 2.29. The highest BCUT2D eigenvalue weighted by Crippen LogP contribution is 2.19. The van der Waals surface area contributed by atoms with E-state index in [1.807, 2.05) is 6.92 Å². The second-order valence-electron chi connectivity index (χ2n) is 3.62. The van der Waals surface area contributed by atoms with Gasteiger partial charge in [-0.15, -0.1) is 0 Å². The zero-order valence-electron chi connectivity index (χ0n) is 9.37. The number of aromatic nitrogens is 1. The van der Waals surface area contributed by atoms with Gasteiger partial charge >= 0.3 is 0 Å². The van der Waals surface area contributed by atoms with Gasteiger partial charge in [-0.25, -0.2) is 4.98 Å². The summed E-state index contributed by atoms with van der Waals surface area (Å²) < 4.78 is 12.0. The van der Waals surface area contributed by atoms with E-state index in [0.29, 0.717) is 11.5 Å². The minimum atomic E-state index is -0.776. The van der Waals surface area contributed by atoms with Crippen LogP contribution in [0.1, 0.15) is 13.3 Å². The molecule has 0 aliphatic rings. The van der Waals surface area contributed by atoms with Crippen LogP contribution in [-0.2, 0) is 10.8 Å². The molecule has 1 aromatic rings. The van der Waals surface area contributed by atoms with Crippen LogP contribution in [0, 0.1) is 0 Å². The number of anilines is 2. The summed E-state index contributed by atoms with van der Waals surface area (Å²) >= 11 is 3.30. The summed E-state index contributed by atoms with van der Waals surface area (Å²) in [6.45, 7) is 2.69. The summed E-state index contributed by atoms with van der Waals surface area (Å²) in [6.07, 6.45) is 4.25. The van der Waals surface area contributed by atoms with Crippen molar-refractivity contribution in [3.05, 3.63) is 16.7 Å². The maximum atomic E-state index is 11.1. The Morgan fingerprint density at radius 2 is 2.38 bits per heavy atom. The van der Waals surface area contributed by atoms with E-state index in [1.165, 1.54) is 0 Å². The topological polar surface area (TPSA) is 68.0 Å². The number of halogens is 1. The second kappa shape index (κ2) is 6.20. The van der Waals surface area contributed by atoms with Crippen molar-refractivity contribution >= 4 is 38.2 Å². The van der Waals surface area contributed by atoms with E-state index < -0.39 is 10.8 Å². The maximum absolute atomic E-state index is 11.1. The molecular formula is C10H16BrN3OS. The molecule has 0 amide bonds. The molecule has 1 aromatic heterocycles. The molecule has 0 saturated heterocycles. The molecule has 90 valence electrons. The van der Waals surface area contributed by atoms with Crippen molar-refractivity contribution in [3.8, 4) is 0 Å². The van der Waals surface area contributed by atoms with Crippen LogP contribution in [0.3, 0.4) is 0 Å². The monoisotopic (exact) mass is 305 g/mol. The number of nitrogens with two attached hydrogens (primary N) is 1. The average Bonchev–Trinajstić information content (AvgIpc) is 2.20. The van der Waals surface area contributed by atoms with Gasteiger partial charge in [-0.1, -0.05) is 6.92 Å². The lowest BCUT2D eigenvalue weighted by Gasteiger charge is -2.11. The van der Waals surface area contributed by atoms with Gasteiger partial charge in [-0.05, 0) is 28.4 Å². The van der Waals surface area contributed by atoms with E-state index in [9.17, 15) is 4.21 Å². The summed E-state index contributed by atoms with van der Waals surface area (Å²) in [5.41, 5.74) is 6.39. The van der Waals surface area contributed by atoms with Crippen molar-refractivity contribution in [2.75, 3.05) is 23.9 Å². The van der Waals surface area contributed by atoms with E-state index in [2.05, 4.69) is 26.2 Å². The van der Waals surface area contributed by atoms with Crippen LogP contribution in [0.4, 0.5) is 11.5 Å². The van der Waals surface area contributed by atoms with Gasteiger partial charge in [0.05, 0.1) is 5.69 Å². The summed E-state index contributed by atoms with van der Waals surface area (Å²) in [4.78, 5) is 4.16. The highest BCUT2D eigenvalue weighted by Gasteiger charge is 2.06. The first-order valence-corrected chi connectivity index (χ1v) is 7.39. The normalized spacial score (nSPS) is 14.4. The van der Waals surface area contributed by atoms with E-state index in [0.717, 1.165) is 17.4 Å². The summed E-state index contributed by atoms with van der Waals surface area (Å²) in [6, 6.07) is 1.80. The first-order chi connectivity index (χ1) is 7.50. The van der Waals surface area contributed by atoms with Crippen LogP contribution in [-0.4, -0.2) is 27.2 Å². The molecule has 0 aliphatic carbocycles. The quantitative estimate of drug-likeness (QED) is 0.873. The Bertz CT molecular complexity index is 386. The van der Waals surface area contributed by atoms with Gasteiger partial charge in [-0.2, -0.15) is 0 Å². The molecule has 0 aliphatic heterocycles. The van der Waals surface area contributed by atoms with Crippen LogP contribution in [0.2, 0.25) is 0 Å². The molecule has 0 fully saturated rings. The predicted octanol–water partition coefficient (Wildman–Crippen LogP) is 2.00. The highest BCUT2D eigenvalue weighted by molar-refractivity contribution is 9.10. The largest absolute Gasteiger partial charge is 0.396 e. The van der Waals surface area contributed by atoms with Crippen LogP contribution in [0.5, 0.6) is 0 Å². The lowest BCUT2D eigenvalue weighted by atomic mass is 10.3. The van der Waals surface area contributed by atoms with Crippen molar-refractivity contribution < 1.29 is 4.21 Å². The summed E-state index contributed by atoms with van der Waals surface area (Å²) in [5, 5.41) is 3.32. The van der Waals surface area contributed by atoms with Gasteiger partial charge < -0.3 is 11.1 Å². The van der Waals surface area contributed by atoms with E-state index in [4.69, 9.17) is 5.73 Å². The number of rotatable bonds is 5. The molecular weight excluding hydrogens is 290 g/mol. The van der Waals surface area contributed by atoms with E-state index in [1.54, 1.807) is 18.5 Å². The van der Waals surface area contributed by atoms with Crippen molar-refractivity contribution in [3.63, 3.8) is 0 Å². The van der Waals surface area contributed by atoms with Crippen molar-refractivity contribution in [1.29, 1.82) is 0 Å². The molecule has 6 heteroatoms. The summed E-state index contributed by atoms with van der Waals surface area (Å²) in [5.74, 6) is 0.678. The SMILES string of the molecule is CC(CCNc1ncc(Br)cc1N)S(C)=O. The molecule has 2 unspecified atom stereocenters. The lowest BCUT2D eigenvalue weighted by molar-refractivity contribution is 0.672. The fourth-order valence-electron chi connectivity index (χ4n) is 1.16. The average molecular weight is 306 g/mol. The van der Waals surface area contributed by atoms with Gasteiger partial charge in [0.15, 0.2) is 0 Å². The van der Waals surface area contributed by atoms with Gasteiger partial charge in [-0.3, -0.25) is 4.21 Å². The standard InChI is InChI=1S/C10H16BrN3OS/c1-7(16(2)15)3-4-13-10-9(12)5-8(11)6-14-10/h5-7H,3-4,12H2,1-2H3,(H,13,14). The number of nitrogen functional groups attached to an aromatic ring is 1. The Labute approximate surface area is 107 Å². The number of hydrogen-bond acceptors (Lipinski definition) is 4. The molecule has 0 bridgehead atoms. The van der Waals surface area contributed by atoms with Crippen LogP contribution < -0.4 is 11.1 Å². The fourth-order valence-corrected chi connectivity index (χ4v) is 1.96. The Kier molecular flexibility index (Phi) is 5.21. The molecule has 16 heavy (non-hydrogen) atoms. The molecule has 2 atom stereocenters. The lowest BCUT2D eigenvalue weighted by Crippen LogP contribution is -2.15. The van der Waals surface area contributed by atoms with Crippen LogP contribution in [0.15, 0.2) is 16.7 Å². The Hall–Kier alpha value is -0.620. The molecule has 0 aromatic carbocycles. The first kappa shape index (κ1) is 13.4. The smallest absolute Gasteiger partial charge is 0.149 e. The van der Waals surface area contributed by atoms with Gasteiger partial charge in [0, 0.05) is 39.5 Å². The zero-order chi connectivity index (χ0) is 12.1. The van der Waals surface area contributed by atoms with Gasteiger partial charge in [0.1, 0.15) is 5.82 Å². The minimum Gasteiger partial charge on any atom is -0.396 e. The predicted molar refractivity (Wildman–Crippen MR) is 73.0 cm³/mol. The highest BCUT2D eigenvalue weighted by atomic mass is 79.9. The molecule has 3 N–H and O–H groups in total.